The van der Waals surface area contributed by atoms with Crippen molar-refractivity contribution in [2.45, 2.75) is 51.0 Å². The summed E-state index contributed by atoms with van der Waals surface area (Å²) >= 11 is 4.15. The Morgan fingerprint density at radius 2 is 2.10 bits per heavy atom. The molecule has 0 amide bonds. The molecule has 1 aromatic carbocycles. The third-order valence-electron chi connectivity index (χ3n) is 4.39. The summed E-state index contributed by atoms with van der Waals surface area (Å²) in [5, 5.41) is 0. The predicted octanol–water partition coefficient (Wildman–Crippen LogP) is 4.73. The molecule has 1 fully saturated rings. The summed E-state index contributed by atoms with van der Waals surface area (Å²) in [6.07, 6.45) is 2.96. The number of thiol groups is 1. The molecule has 3 atom stereocenters. The molecule has 0 bridgehead atoms. The summed E-state index contributed by atoms with van der Waals surface area (Å²) < 4.78 is 19.4. The van der Waals surface area contributed by atoms with E-state index in [2.05, 4.69) is 33.4 Å². The zero-order valence-electron chi connectivity index (χ0n) is 12.8. The van der Waals surface area contributed by atoms with Gasteiger partial charge in [0.05, 0.1) is 5.56 Å². The van der Waals surface area contributed by atoms with E-state index >= 15 is 0 Å². The lowest BCUT2D eigenvalue weighted by Gasteiger charge is -2.36. The summed E-state index contributed by atoms with van der Waals surface area (Å²) in [7, 11) is 0. The summed E-state index contributed by atoms with van der Waals surface area (Å²) in [6.45, 7) is 6.47. The normalized spacial score (nSPS) is 25.9. The second kappa shape index (κ2) is 6.82. The number of carbonyl (C=O) groups is 1. The molecule has 116 valence electrons. The first-order valence-corrected chi connectivity index (χ1v) is 8.02. The number of benzene rings is 1. The van der Waals surface area contributed by atoms with E-state index in [4.69, 9.17) is 4.74 Å². The van der Waals surface area contributed by atoms with Crippen LogP contribution < -0.4 is 0 Å². The van der Waals surface area contributed by atoms with Gasteiger partial charge in [0.2, 0.25) is 0 Å². The zero-order chi connectivity index (χ0) is 15.6. The van der Waals surface area contributed by atoms with Gasteiger partial charge < -0.3 is 4.74 Å². The molecule has 0 saturated heterocycles. The first-order chi connectivity index (χ1) is 9.88. The van der Waals surface area contributed by atoms with E-state index in [-0.39, 0.29) is 11.7 Å². The lowest BCUT2D eigenvalue weighted by molar-refractivity contribution is -0.0177. The molecule has 1 aromatic rings. The van der Waals surface area contributed by atoms with Gasteiger partial charge in [-0.3, -0.25) is 0 Å². The zero-order valence-corrected chi connectivity index (χ0v) is 13.7. The minimum Gasteiger partial charge on any atom is -0.458 e. The van der Waals surface area contributed by atoms with Crippen LogP contribution in [0.1, 0.15) is 50.4 Å². The van der Waals surface area contributed by atoms with Crippen LogP contribution in [0.5, 0.6) is 0 Å². The molecule has 0 aliphatic heterocycles. The van der Waals surface area contributed by atoms with E-state index in [1.165, 1.54) is 18.2 Å². The molecule has 4 heteroatoms. The fourth-order valence-electron chi connectivity index (χ4n) is 3.12. The van der Waals surface area contributed by atoms with Crippen LogP contribution in [-0.2, 0) is 4.74 Å². The molecule has 0 radical (unpaired) electrons. The maximum absolute atomic E-state index is 13.8. The molecule has 1 aliphatic rings. The Morgan fingerprint density at radius 1 is 1.38 bits per heavy atom. The van der Waals surface area contributed by atoms with Gasteiger partial charge in [-0.15, -0.1) is 12.6 Å². The van der Waals surface area contributed by atoms with Crippen LogP contribution in [0.3, 0.4) is 0 Å². The van der Waals surface area contributed by atoms with E-state index in [0.29, 0.717) is 22.6 Å². The average Bonchev–Trinajstić information content (AvgIpc) is 2.41. The Balaban J connectivity index is 2.14. The fraction of sp³-hybridized carbons (Fsp3) is 0.588. The van der Waals surface area contributed by atoms with Gasteiger partial charge in [0.25, 0.3) is 0 Å². The van der Waals surface area contributed by atoms with Crippen molar-refractivity contribution in [3.63, 3.8) is 0 Å². The number of ether oxygens (including phenoxy) is 1. The van der Waals surface area contributed by atoms with E-state index in [9.17, 15) is 9.18 Å². The molecule has 0 aromatic heterocycles. The Bertz CT molecular complexity index is 516. The van der Waals surface area contributed by atoms with Gasteiger partial charge in [0.1, 0.15) is 11.9 Å². The highest BCUT2D eigenvalue weighted by Gasteiger charge is 2.34. The maximum Gasteiger partial charge on any atom is 0.341 e. The Labute approximate surface area is 131 Å². The van der Waals surface area contributed by atoms with Gasteiger partial charge in [0.15, 0.2) is 0 Å². The topological polar surface area (TPSA) is 26.3 Å². The van der Waals surface area contributed by atoms with Crippen molar-refractivity contribution in [1.82, 2.24) is 0 Å². The number of halogens is 1. The van der Waals surface area contributed by atoms with Crippen LogP contribution in [0, 0.1) is 23.6 Å². The van der Waals surface area contributed by atoms with E-state index < -0.39 is 11.8 Å². The number of rotatable bonds is 3. The largest absolute Gasteiger partial charge is 0.458 e. The van der Waals surface area contributed by atoms with Crippen LogP contribution >= 0.6 is 12.6 Å². The Morgan fingerprint density at radius 3 is 2.76 bits per heavy atom. The van der Waals surface area contributed by atoms with Gasteiger partial charge in [-0.2, -0.15) is 0 Å². The number of carbonyl (C=O) groups excluding carboxylic acids is 1. The quantitative estimate of drug-likeness (QED) is 0.645. The molecule has 3 unspecified atom stereocenters. The minimum absolute atomic E-state index is 0.0248. The van der Waals surface area contributed by atoms with Crippen molar-refractivity contribution in [3.05, 3.63) is 29.6 Å². The third kappa shape index (κ3) is 4.00. The highest BCUT2D eigenvalue weighted by Crippen LogP contribution is 2.35. The van der Waals surface area contributed by atoms with Crippen LogP contribution in [0.2, 0.25) is 0 Å². The number of hydrogen-bond acceptors (Lipinski definition) is 3. The molecular formula is C17H23FO2S. The summed E-state index contributed by atoms with van der Waals surface area (Å²) in [6, 6.07) is 4.20. The van der Waals surface area contributed by atoms with Gasteiger partial charge in [0, 0.05) is 4.90 Å². The summed E-state index contributed by atoms with van der Waals surface area (Å²) in [5.74, 6) is 0.221. The van der Waals surface area contributed by atoms with E-state index in [1.54, 1.807) is 0 Å². The van der Waals surface area contributed by atoms with E-state index in [1.807, 2.05) is 0 Å². The van der Waals surface area contributed by atoms with Crippen LogP contribution in [-0.4, -0.2) is 12.1 Å². The lowest BCUT2D eigenvalue weighted by atomic mass is 9.75. The van der Waals surface area contributed by atoms with Crippen molar-refractivity contribution >= 4 is 18.6 Å². The summed E-state index contributed by atoms with van der Waals surface area (Å²) in [4.78, 5) is 12.8. The van der Waals surface area contributed by atoms with Gasteiger partial charge in [-0.25, -0.2) is 9.18 Å². The second-order valence-corrected chi connectivity index (χ2v) is 6.95. The second-order valence-electron chi connectivity index (χ2n) is 6.43. The smallest absolute Gasteiger partial charge is 0.341 e. The first kappa shape index (κ1) is 16.3. The number of hydrogen-bond donors (Lipinski definition) is 1. The third-order valence-corrected chi connectivity index (χ3v) is 4.67. The highest BCUT2D eigenvalue weighted by molar-refractivity contribution is 7.80. The average molecular weight is 310 g/mol. The first-order valence-electron chi connectivity index (χ1n) is 7.58. The van der Waals surface area contributed by atoms with Crippen molar-refractivity contribution in [1.29, 1.82) is 0 Å². The van der Waals surface area contributed by atoms with Crippen LogP contribution in [0.4, 0.5) is 4.39 Å². The molecule has 1 aliphatic carbocycles. The molecule has 0 heterocycles. The predicted molar refractivity (Wildman–Crippen MR) is 84.2 cm³/mol. The SMILES string of the molecule is CC1CCC(C(C)C)C(OC(=O)c2cc(S)ccc2F)C1. The minimum atomic E-state index is -0.576. The van der Waals surface area contributed by atoms with Crippen LogP contribution in [0.25, 0.3) is 0 Å². The Hall–Kier alpha value is -1.03. The molecule has 21 heavy (non-hydrogen) atoms. The summed E-state index contributed by atoms with van der Waals surface area (Å²) in [5.41, 5.74) is -0.0248. The monoisotopic (exact) mass is 310 g/mol. The standard InChI is InChI=1S/C17H23FO2S/c1-10(2)13-6-4-11(3)8-16(13)20-17(19)14-9-12(21)5-7-15(14)18/h5,7,9-11,13,16,21H,4,6,8H2,1-3H3. The molecule has 1 saturated carbocycles. The highest BCUT2D eigenvalue weighted by atomic mass is 32.1. The van der Waals surface area contributed by atoms with Crippen molar-refractivity contribution in [2.24, 2.45) is 17.8 Å². The molecule has 0 spiro atoms. The fourth-order valence-corrected chi connectivity index (χ4v) is 3.32. The van der Waals surface area contributed by atoms with Crippen LogP contribution in [0.15, 0.2) is 23.1 Å². The molecular weight excluding hydrogens is 287 g/mol. The Kier molecular flexibility index (Phi) is 5.31. The van der Waals surface area contributed by atoms with Crippen molar-refractivity contribution in [2.75, 3.05) is 0 Å². The van der Waals surface area contributed by atoms with Gasteiger partial charge >= 0.3 is 5.97 Å². The molecule has 2 rings (SSSR count). The lowest BCUT2D eigenvalue weighted by Crippen LogP contribution is -2.36. The van der Waals surface area contributed by atoms with Crippen molar-refractivity contribution < 1.29 is 13.9 Å². The van der Waals surface area contributed by atoms with Gasteiger partial charge in [-0.05, 0) is 48.8 Å². The number of esters is 1. The molecule has 2 nitrogen and oxygen atoms in total. The van der Waals surface area contributed by atoms with Crippen molar-refractivity contribution in [3.8, 4) is 0 Å². The van der Waals surface area contributed by atoms with E-state index in [0.717, 1.165) is 19.3 Å². The maximum atomic E-state index is 13.8. The molecule has 0 N–H and O–H groups in total. The van der Waals surface area contributed by atoms with Gasteiger partial charge in [-0.1, -0.05) is 27.2 Å².